The Morgan fingerprint density at radius 3 is 2.44 bits per heavy atom. The summed E-state index contributed by atoms with van der Waals surface area (Å²) in [5.41, 5.74) is -2.00. The normalized spacial score (nSPS) is 11.8. The number of anilines is 2. The average Bonchev–Trinajstić information content (AvgIpc) is 3.25. The third-order valence-corrected chi connectivity index (χ3v) is 4.51. The van der Waals surface area contributed by atoms with Crippen LogP contribution >= 0.6 is 0 Å². The van der Waals surface area contributed by atoms with Gasteiger partial charge in [-0.25, -0.2) is 14.8 Å². The molecule has 36 heavy (non-hydrogen) atoms. The van der Waals surface area contributed by atoms with Crippen molar-refractivity contribution in [3.8, 4) is 11.1 Å². The minimum atomic E-state index is -4.67. The van der Waals surface area contributed by atoms with Crippen LogP contribution in [0.4, 0.5) is 42.7 Å². The molecular formula is C20H13F6N8O2+. The zero-order chi connectivity index (χ0) is 25.9. The fraction of sp³-hybridized carbons (Fsp3) is 0.150. The van der Waals surface area contributed by atoms with Crippen LogP contribution in [0.5, 0.6) is 0 Å². The molecule has 0 spiro atoms. The molecule has 0 bridgehead atoms. The van der Waals surface area contributed by atoms with E-state index in [9.17, 15) is 31.1 Å². The van der Waals surface area contributed by atoms with Gasteiger partial charge in [0.05, 0.1) is 17.4 Å². The number of aromatic nitrogens is 6. The van der Waals surface area contributed by atoms with Crippen LogP contribution in [0.15, 0.2) is 60.0 Å². The van der Waals surface area contributed by atoms with Crippen molar-refractivity contribution in [2.75, 3.05) is 10.6 Å². The van der Waals surface area contributed by atoms with Crippen LogP contribution in [-0.4, -0.2) is 31.2 Å². The van der Waals surface area contributed by atoms with Gasteiger partial charge in [0.1, 0.15) is 12.0 Å². The van der Waals surface area contributed by atoms with Gasteiger partial charge in [-0.15, -0.1) is 0 Å². The maximum Gasteiger partial charge on any atom is 0.434 e. The van der Waals surface area contributed by atoms with Gasteiger partial charge < -0.3 is 5.32 Å². The van der Waals surface area contributed by atoms with Crippen molar-refractivity contribution >= 4 is 17.6 Å². The van der Waals surface area contributed by atoms with E-state index in [-0.39, 0.29) is 29.2 Å². The second kappa shape index (κ2) is 9.55. The molecule has 4 heterocycles. The fourth-order valence-electron chi connectivity index (χ4n) is 2.96. The van der Waals surface area contributed by atoms with Crippen molar-refractivity contribution in [2.45, 2.75) is 18.9 Å². The number of pyridine rings is 2. The van der Waals surface area contributed by atoms with E-state index in [1.54, 1.807) is 0 Å². The number of amides is 2. The van der Waals surface area contributed by atoms with Crippen LogP contribution in [0, 0.1) is 0 Å². The number of carbonyl (C=O) groups excluding carboxylic acids is 1. The van der Waals surface area contributed by atoms with Gasteiger partial charge in [0, 0.05) is 29.7 Å². The molecule has 0 aromatic carbocycles. The Balaban J connectivity index is 1.39. The molecule has 4 aromatic rings. The minimum absolute atomic E-state index is 0.0298. The Morgan fingerprint density at radius 1 is 0.944 bits per heavy atom. The zero-order valence-electron chi connectivity index (χ0n) is 17.7. The van der Waals surface area contributed by atoms with Crippen molar-refractivity contribution in [2.24, 2.45) is 0 Å². The number of hydrogen-bond acceptors (Lipinski definition) is 7. The number of alkyl halides is 6. The summed E-state index contributed by atoms with van der Waals surface area (Å²) in [7, 11) is 0. The molecule has 0 unspecified atom stereocenters. The van der Waals surface area contributed by atoms with E-state index >= 15 is 0 Å². The van der Waals surface area contributed by atoms with Crippen molar-refractivity contribution in [3.63, 3.8) is 0 Å². The number of hydrogen-bond donors (Lipinski definition) is 2. The summed E-state index contributed by atoms with van der Waals surface area (Å²) >= 11 is 0. The van der Waals surface area contributed by atoms with Crippen molar-refractivity contribution in [1.29, 1.82) is 0 Å². The molecule has 4 rings (SSSR count). The van der Waals surface area contributed by atoms with Crippen molar-refractivity contribution in [3.05, 3.63) is 72.5 Å². The maximum atomic E-state index is 13.2. The zero-order valence-corrected chi connectivity index (χ0v) is 17.7. The molecule has 0 aliphatic heterocycles. The van der Waals surface area contributed by atoms with Gasteiger partial charge in [0.2, 0.25) is 11.8 Å². The highest BCUT2D eigenvalue weighted by atomic mass is 19.4. The summed E-state index contributed by atoms with van der Waals surface area (Å²) in [6.07, 6.45) is -3.31. The molecule has 2 N–H and O–H groups in total. The highest BCUT2D eigenvalue weighted by Crippen LogP contribution is 2.34. The quantitative estimate of drug-likeness (QED) is 0.307. The van der Waals surface area contributed by atoms with Crippen molar-refractivity contribution in [1.82, 2.24) is 25.2 Å². The highest BCUT2D eigenvalue weighted by Gasteiger charge is 2.36. The number of nitrogens with one attached hydrogen (secondary N) is 2. The predicted octanol–water partition coefficient (Wildman–Crippen LogP) is 3.94. The van der Waals surface area contributed by atoms with E-state index in [2.05, 4.69) is 35.8 Å². The molecule has 0 saturated carbocycles. The van der Waals surface area contributed by atoms with Gasteiger partial charge in [0.15, 0.2) is 5.69 Å². The van der Waals surface area contributed by atoms with Gasteiger partial charge in [-0.1, -0.05) is 6.07 Å². The van der Waals surface area contributed by atoms with E-state index in [0.717, 1.165) is 18.7 Å². The van der Waals surface area contributed by atoms with Gasteiger partial charge in [-0.05, 0) is 16.8 Å². The third-order valence-electron chi connectivity index (χ3n) is 4.51. The van der Waals surface area contributed by atoms with Gasteiger partial charge in [-0.2, -0.15) is 26.3 Å². The topological polar surface area (TPSA) is 123 Å². The molecule has 0 aliphatic carbocycles. The summed E-state index contributed by atoms with van der Waals surface area (Å²) in [6, 6.07) is 2.67. The minimum Gasteiger partial charge on any atom is -0.306 e. The lowest BCUT2D eigenvalue weighted by molar-refractivity contribution is -0.755. The van der Waals surface area contributed by atoms with Gasteiger partial charge >= 0.3 is 24.3 Å². The van der Waals surface area contributed by atoms with Crippen LogP contribution in [0.1, 0.15) is 17.0 Å². The molecule has 2 amide bonds. The number of rotatable bonds is 5. The smallest absolute Gasteiger partial charge is 0.306 e. The Labute approximate surface area is 197 Å². The second-order valence-corrected chi connectivity index (χ2v) is 7.12. The number of urea groups is 1. The second-order valence-electron chi connectivity index (χ2n) is 7.12. The summed E-state index contributed by atoms with van der Waals surface area (Å²) < 4.78 is 83.9. The Bertz CT molecular complexity index is 1370. The summed E-state index contributed by atoms with van der Waals surface area (Å²) in [5, 5.41) is 8.12. The Kier molecular flexibility index (Phi) is 6.50. The number of nitrogens with zero attached hydrogens (tertiary/aromatic N) is 6. The third kappa shape index (κ3) is 5.89. The lowest BCUT2D eigenvalue weighted by Gasteiger charge is -2.10. The Morgan fingerprint density at radius 2 is 1.75 bits per heavy atom. The lowest BCUT2D eigenvalue weighted by atomic mass is 10.1. The van der Waals surface area contributed by atoms with E-state index < -0.39 is 29.6 Å². The van der Waals surface area contributed by atoms with Gasteiger partial charge in [-0.3, -0.25) is 19.8 Å². The average molecular weight is 511 g/mol. The maximum absolute atomic E-state index is 13.2. The number of carbonyl (C=O) groups is 1. The van der Waals surface area contributed by atoms with E-state index in [0.29, 0.717) is 18.0 Å². The molecule has 0 aliphatic rings. The van der Waals surface area contributed by atoms with Crippen LogP contribution in [0.3, 0.4) is 0 Å². The SMILES string of the molecule is O=C(Nc1cncc(C(F)(F)F)c1)Nc1c[n+](Cc2ccc(-c3cncnc3C(F)(F)F)cn2)no1. The monoisotopic (exact) mass is 511 g/mol. The first kappa shape index (κ1) is 24.5. The molecule has 16 heteroatoms. The first-order valence-electron chi connectivity index (χ1n) is 9.78. The van der Waals surface area contributed by atoms with Crippen LogP contribution < -0.4 is 15.3 Å². The van der Waals surface area contributed by atoms with Crippen LogP contribution in [0.25, 0.3) is 11.1 Å². The van der Waals surface area contributed by atoms with E-state index in [1.165, 1.54) is 29.2 Å². The molecular weight excluding hydrogens is 498 g/mol. The lowest BCUT2D eigenvalue weighted by Crippen LogP contribution is -2.35. The summed E-state index contributed by atoms with van der Waals surface area (Å²) in [6.45, 7) is 0.0298. The molecule has 4 aromatic heterocycles. The fourth-order valence-corrected chi connectivity index (χ4v) is 2.96. The highest BCUT2D eigenvalue weighted by molar-refractivity contribution is 5.98. The molecule has 186 valence electrons. The molecule has 0 atom stereocenters. The largest absolute Gasteiger partial charge is 0.434 e. The molecule has 0 saturated heterocycles. The van der Waals surface area contributed by atoms with Crippen LogP contribution in [0.2, 0.25) is 0 Å². The number of halogens is 6. The van der Waals surface area contributed by atoms with E-state index in [1.807, 2.05) is 0 Å². The standard InChI is InChI=1S/C20H12F6N8O2/c21-19(22,23)12-3-14(6-27-5-12)31-18(35)32-16-9-34(33-36-16)8-13-2-1-11(4-29-13)15-7-28-10-30-17(15)20(24,25)26/h1-7,9-10H,8H2,(H-,31,32,33,35)/p+1. The first-order valence-corrected chi connectivity index (χ1v) is 9.78. The summed E-state index contributed by atoms with van der Waals surface area (Å²) in [5.74, 6) is -0.139. The molecule has 0 radical (unpaired) electrons. The van der Waals surface area contributed by atoms with Crippen LogP contribution in [-0.2, 0) is 18.9 Å². The summed E-state index contributed by atoms with van der Waals surface area (Å²) in [4.78, 5) is 26.5. The molecule has 0 fully saturated rings. The first-order chi connectivity index (χ1) is 17.0. The van der Waals surface area contributed by atoms with Gasteiger partial charge in [0.25, 0.3) is 6.20 Å². The predicted molar refractivity (Wildman–Crippen MR) is 108 cm³/mol. The van der Waals surface area contributed by atoms with E-state index in [4.69, 9.17) is 4.52 Å². The molecule has 10 nitrogen and oxygen atoms in total. The van der Waals surface area contributed by atoms with Crippen molar-refractivity contribution < 1.29 is 40.3 Å². The Hall–Kier alpha value is -4.63.